The lowest BCUT2D eigenvalue weighted by atomic mass is 10.2. The largest absolute Gasteiger partial charge is 0.486 e. The van der Waals surface area contributed by atoms with Crippen LogP contribution in [0.25, 0.3) is 0 Å². The number of rotatable bonds is 3. The molecular formula is C14H11FN2O. The summed E-state index contributed by atoms with van der Waals surface area (Å²) in [5, 5.41) is 8.87. The second-order valence-electron chi connectivity index (χ2n) is 3.80. The lowest BCUT2D eigenvalue weighted by Gasteiger charge is -2.09. The molecular weight excluding hydrogens is 231 g/mol. The normalized spacial score (nSPS) is 9.83. The van der Waals surface area contributed by atoms with Crippen LogP contribution in [0, 0.1) is 24.1 Å². The van der Waals surface area contributed by atoms with Gasteiger partial charge in [0.05, 0.1) is 0 Å². The van der Waals surface area contributed by atoms with Gasteiger partial charge in [-0.15, -0.1) is 0 Å². The van der Waals surface area contributed by atoms with Crippen LogP contribution in [-0.4, -0.2) is 4.98 Å². The van der Waals surface area contributed by atoms with Crippen molar-refractivity contribution in [1.82, 2.24) is 4.98 Å². The molecule has 0 saturated carbocycles. The molecule has 0 N–H and O–H groups in total. The van der Waals surface area contributed by atoms with Gasteiger partial charge in [-0.2, -0.15) is 5.26 Å². The minimum absolute atomic E-state index is 0.122. The van der Waals surface area contributed by atoms with Crippen LogP contribution >= 0.6 is 0 Å². The van der Waals surface area contributed by atoms with Crippen molar-refractivity contribution in [2.45, 2.75) is 13.5 Å². The van der Waals surface area contributed by atoms with Gasteiger partial charge in [0.15, 0.2) is 11.6 Å². The van der Waals surface area contributed by atoms with E-state index in [1.807, 2.05) is 6.07 Å². The van der Waals surface area contributed by atoms with Crippen LogP contribution in [0.15, 0.2) is 36.5 Å². The summed E-state index contributed by atoms with van der Waals surface area (Å²) in [4.78, 5) is 3.91. The van der Waals surface area contributed by atoms with E-state index in [0.29, 0.717) is 16.8 Å². The maximum atomic E-state index is 13.7. The summed E-state index contributed by atoms with van der Waals surface area (Å²) in [7, 11) is 0. The number of hydrogen-bond acceptors (Lipinski definition) is 3. The molecule has 2 aromatic rings. The molecule has 0 aliphatic carbocycles. The molecule has 0 atom stereocenters. The fourth-order valence-electron chi connectivity index (χ4n) is 1.54. The lowest BCUT2D eigenvalue weighted by Crippen LogP contribution is -2.01. The molecule has 1 aromatic carbocycles. The summed E-state index contributed by atoms with van der Waals surface area (Å²) in [5.41, 5.74) is 1.46. The van der Waals surface area contributed by atoms with Gasteiger partial charge in [-0.1, -0.05) is 18.2 Å². The molecule has 1 heterocycles. The topological polar surface area (TPSA) is 45.9 Å². The van der Waals surface area contributed by atoms with Gasteiger partial charge in [-0.25, -0.2) is 9.37 Å². The molecule has 0 aliphatic rings. The summed E-state index contributed by atoms with van der Waals surface area (Å²) in [6.45, 7) is 1.80. The number of hydrogen-bond donors (Lipinski definition) is 0. The van der Waals surface area contributed by atoms with E-state index in [1.165, 1.54) is 6.20 Å². The fourth-order valence-corrected chi connectivity index (χ4v) is 1.54. The second-order valence-corrected chi connectivity index (χ2v) is 3.80. The van der Waals surface area contributed by atoms with Crippen LogP contribution in [-0.2, 0) is 6.61 Å². The van der Waals surface area contributed by atoms with E-state index in [9.17, 15) is 4.39 Å². The minimum Gasteiger partial charge on any atom is -0.486 e. The second kappa shape index (κ2) is 5.28. The number of halogens is 1. The smallest absolute Gasteiger partial charge is 0.167 e. The highest BCUT2D eigenvalue weighted by atomic mass is 19.1. The molecule has 2 rings (SSSR count). The first-order valence-electron chi connectivity index (χ1n) is 5.44. The predicted molar refractivity (Wildman–Crippen MR) is 64.4 cm³/mol. The third kappa shape index (κ3) is 2.46. The summed E-state index contributed by atoms with van der Waals surface area (Å²) < 4.78 is 19.1. The molecule has 0 unspecified atom stereocenters. The SMILES string of the molecule is Cc1cccc(OCc2cccnc2C#N)c1F. The minimum atomic E-state index is -0.375. The molecule has 4 heteroatoms. The Balaban J connectivity index is 2.17. The number of nitrogens with zero attached hydrogens (tertiary/aromatic N) is 2. The summed E-state index contributed by atoms with van der Waals surface area (Å²) in [6.07, 6.45) is 1.54. The zero-order valence-corrected chi connectivity index (χ0v) is 9.85. The Morgan fingerprint density at radius 3 is 2.94 bits per heavy atom. The third-order valence-corrected chi connectivity index (χ3v) is 2.54. The fraction of sp³-hybridized carbons (Fsp3) is 0.143. The molecule has 0 bridgehead atoms. The van der Waals surface area contributed by atoms with Gasteiger partial charge < -0.3 is 4.74 Å². The first kappa shape index (κ1) is 12.1. The van der Waals surface area contributed by atoms with Gasteiger partial charge in [0, 0.05) is 11.8 Å². The van der Waals surface area contributed by atoms with E-state index in [1.54, 1.807) is 37.3 Å². The summed E-state index contributed by atoms with van der Waals surface area (Å²) in [6, 6.07) is 10.4. The maximum absolute atomic E-state index is 13.7. The van der Waals surface area contributed by atoms with Crippen molar-refractivity contribution < 1.29 is 9.13 Å². The van der Waals surface area contributed by atoms with Gasteiger partial charge in [-0.05, 0) is 24.6 Å². The molecule has 0 fully saturated rings. The Bertz CT molecular complexity index is 605. The highest BCUT2D eigenvalue weighted by Crippen LogP contribution is 2.21. The van der Waals surface area contributed by atoms with Crippen molar-refractivity contribution in [3.05, 3.63) is 59.2 Å². The van der Waals surface area contributed by atoms with Gasteiger partial charge in [0.1, 0.15) is 18.4 Å². The molecule has 90 valence electrons. The number of aryl methyl sites for hydroxylation is 1. The summed E-state index contributed by atoms with van der Waals surface area (Å²) >= 11 is 0. The zero-order chi connectivity index (χ0) is 13.0. The molecule has 0 saturated heterocycles. The average Bonchev–Trinajstić information content (AvgIpc) is 2.41. The number of pyridine rings is 1. The standard InChI is InChI=1S/C14H11FN2O/c1-10-4-2-6-13(14(10)15)18-9-11-5-3-7-17-12(11)8-16/h2-7H,9H2,1H3. The third-order valence-electron chi connectivity index (χ3n) is 2.54. The van der Waals surface area contributed by atoms with Crippen LogP contribution in [0.4, 0.5) is 4.39 Å². The molecule has 0 spiro atoms. The number of ether oxygens (including phenoxy) is 1. The van der Waals surface area contributed by atoms with Crippen LogP contribution in [0.2, 0.25) is 0 Å². The molecule has 1 aromatic heterocycles. The van der Waals surface area contributed by atoms with Gasteiger partial charge in [-0.3, -0.25) is 0 Å². The van der Waals surface area contributed by atoms with E-state index < -0.39 is 0 Å². The van der Waals surface area contributed by atoms with E-state index in [0.717, 1.165) is 0 Å². The summed E-state index contributed by atoms with van der Waals surface area (Å²) in [5.74, 6) is -0.192. The van der Waals surface area contributed by atoms with E-state index in [-0.39, 0.29) is 18.2 Å². The first-order chi connectivity index (χ1) is 8.72. The Morgan fingerprint density at radius 1 is 1.33 bits per heavy atom. The van der Waals surface area contributed by atoms with E-state index >= 15 is 0 Å². The molecule has 0 aliphatic heterocycles. The number of benzene rings is 1. The number of nitriles is 1. The van der Waals surface area contributed by atoms with Crippen LogP contribution in [0.1, 0.15) is 16.8 Å². The average molecular weight is 242 g/mol. The number of aromatic nitrogens is 1. The van der Waals surface area contributed by atoms with Crippen LogP contribution < -0.4 is 4.74 Å². The Labute approximate surface area is 104 Å². The lowest BCUT2D eigenvalue weighted by molar-refractivity contribution is 0.289. The highest BCUT2D eigenvalue weighted by molar-refractivity contribution is 5.33. The molecule has 0 amide bonds. The maximum Gasteiger partial charge on any atom is 0.167 e. The monoisotopic (exact) mass is 242 g/mol. The van der Waals surface area contributed by atoms with Crippen molar-refractivity contribution in [3.63, 3.8) is 0 Å². The highest BCUT2D eigenvalue weighted by Gasteiger charge is 2.08. The van der Waals surface area contributed by atoms with Crippen LogP contribution in [0.5, 0.6) is 5.75 Å². The van der Waals surface area contributed by atoms with E-state index in [2.05, 4.69) is 4.98 Å². The predicted octanol–water partition coefficient (Wildman–Crippen LogP) is 2.98. The van der Waals surface area contributed by atoms with Crippen molar-refractivity contribution in [2.75, 3.05) is 0 Å². The first-order valence-corrected chi connectivity index (χ1v) is 5.44. The Hall–Kier alpha value is -2.41. The molecule has 18 heavy (non-hydrogen) atoms. The molecule has 0 radical (unpaired) electrons. The van der Waals surface area contributed by atoms with Crippen molar-refractivity contribution in [1.29, 1.82) is 5.26 Å². The van der Waals surface area contributed by atoms with Gasteiger partial charge >= 0.3 is 0 Å². The van der Waals surface area contributed by atoms with E-state index in [4.69, 9.17) is 10.00 Å². The van der Waals surface area contributed by atoms with Crippen molar-refractivity contribution in [2.24, 2.45) is 0 Å². The quantitative estimate of drug-likeness (QED) is 0.831. The Morgan fingerprint density at radius 2 is 2.17 bits per heavy atom. The van der Waals surface area contributed by atoms with Crippen molar-refractivity contribution in [3.8, 4) is 11.8 Å². The van der Waals surface area contributed by atoms with Crippen molar-refractivity contribution >= 4 is 0 Å². The van der Waals surface area contributed by atoms with Crippen LogP contribution in [0.3, 0.4) is 0 Å². The Kier molecular flexibility index (Phi) is 3.54. The zero-order valence-electron chi connectivity index (χ0n) is 9.85. The van der Waals surface area contributed by atoms with Gasteiger partial charge in [0.2, 0.25) is 0 Å². The van der Waals surface area contributed by atoms with Gasteiger partial charge in [0.25, 0.3) is 0 Å². The molecule has 3 nitrogen and oxygen atoms in total.